The molecule has 4 amide bonds. The van der Waals surface area contributed by atoms with E-state index in [9.17, 15) is 27.4 Å². The van der Waals surface area contributed by atoms with Gasteiger partial charge in [0.1, 0.15) is 12.4 Å². The number of benzodiazepines with no additional fused rings is 1. The van der Waals surface area contributed by atoms with Crippen LogP contribution in [0, 0.1) is 17.7 Å². The van der Waals surface area contributed by atoms with Crippen molar-refractivity contribution in [2.75, 3.05) is 29.9 Å². The zero-order chi connectivity index (χ0) is 31.7. The normalized spacial score (nSPS) is 21.3. The van der Waals surface area contributed by atoms with Crippen molar-refractivity contribution in [1.82, 2.24) is 10.2 Å². The molecular weight excluding hydrogens is 601 g/mol. The fourth-order valence-electron chi connectivity index (χ4n) is 6.31. The van der Waals surface area contributed by atoms with Crippen molar-refractivity contribution < 1.29 is 31.7 Å². The minimum absolute atomic E-state index is 0.0214. The lowest BCUT2D eigenvalue weighted by Crippen LogP contribution is -2.51. The minimum atomic E-state index is -4.53. The molecule has 3 aromatic rings. The van der Waals surface area contributed by atoms with Crippen LogP contribution >= 0.6 is 0 Å². The number of rotatable bonds is 6. The number of para-hydroxylation sites is 1. The van der Waals surface area contributed by atoms with E-state index in [0.717, 1.165) is 37.8 Å². The Hall–Kier alpha value is -4.62. The molecule has 1 saturated carbocycles. The fraction of sp³-hybridized carbons (Fsp3) is 0.312. The van der Waals surface area contributed by atoms with Crippen LogP contribution in [-0.2, 0) is 19.7 Å². The van der Waals surface area contributed by atoms with Crippen LogP contribution in [-0.4, -0.2) is 67.2 Å². The third kappa shape index (κ3) is 6.59. The molecule has 7 rings (SSSR count). The molecule has 0 radical (unpaired) electrons. The first-order valence-electron chi connectivity index (χ1n) is 14.7. The first-order chi connectivity index (χ1) is 21.6. The highest BCUT2D eigenvalue weighted by molar-refractivity contribution is 7.85. The maximum atomic E-state index is 15.2. The van der Waals surface area contributed by atoms with Crippen LogP contribution in [0.2, 0.25) is 0 Å². The van der Waals surface area contributed by atoms with E-state index in [0.29, 0.717) is 36.2 Å². The van der Waals surface area contributed by atoms with Crippen LogP contribution in [0.1, 0.15) is 36.8 Å². The number of carbonyl (C=O) groups excluding carboxylic acids is 3. The summed E-state index contributed by atoms with van der Waals surface area (Å²) in [6, 6.07) is 16.7. The van der Waals surface area contributed by atoms with Crippen molar-refractivity contribution in [2.45, 2.75) is 36.7 Å². The van der Waals surface area contributed by atoms with Gasteiger partial charge in [0, 0.05) is 29.9 Å². The Bertz CT molecular complexity index is 1780. The molecule has 2 bridgehead atoms. The Morgan fingerprint density at radius 1 is 0.911 bits per heavy atom. The van der Waals surface area contributed by atoms with Crippen molar-refractivity contribution in [3.05, 3.63) is 89.7 Å². The van der Waals surface area contributed by atoms with Gasteiger partial charge in [-0.1, -0.05) is 36.4 Å². The van der Waals surface area contributed by atoms with E-state index in [1.807, 2.05) is 4.90 Å². The molecule has 234 valence electrons. The number of urea groups is 1. The van der Waals surface area contributed by atoms with Gasteiger partial charge in [-0.2, -0.15) is 8.42 Å². The third-order valence-electron chi connectivity index (χ3n) is 8.56. The van der Waals surface area contributed by atoms with Crippen molar-refractivity contribution >= 4 is 45.1 Å². The van der Waals surface area contributed by atoms with Gasteiger partial charge in [0.2, 0.25) is 12.1 Å². The highest BCUT2D eigenvalue weighted by Crippen LogP contribution is 2.34. The molecule has 0 spiro atoms. The number of carbonyl (C=O) groups is 3. The zero-order valence-electron chi connectivity index (χ0n) is 24.2. The average molecular weight is 634 g/mol. The summed E-state index contributed by atoms with van der Waals surface area (Å²) in [6.45, 7) is 0.955. The Labute approximate surface area is 259 Å². The highest BCUT2D eigenvalue weighted by Gasteiger charge is 2.37. The predicted octanol–water partition coefficient (Wildman–Crippen LogP) is 4.05. The number of nitrogens with one attached hydrogen (secondary N) is 2. The van der Waals surface area contributed by atoms with Gasteiger partial charge in [-0.3, -0.25) is 19.0 Å². The van der Waals surface area contributed by atoms with Crippen LogP contribution in [0.3, 0.4) is 0 Å². The summed E-state index contributed by atoms with van der Waals surface area (Å²) in [6.07, 6.45) is 2.73. The Kier molecular flexibility index (Phi) is 8.38. The smallest absolute Gasteiger partial charge is 0.321 e. The number of benzene rings is 3. The monoisotopic (exact) mass is 633 g/mol. The number of hydrogen-bond acceptors (Lipinski definition) is 6. The van der Waals surface area contributed by atoms with Gasteiger partial charge in [-0.05, 0) is 73.9 Å². The molecule has 3 heterocycles. The average Bonchev–Trinajstić information content (AvgIpc) is 3.40. The summed E-state index contributed by atoms with van der Waals surface area (Å²) >= 11 is 0. The molecule has 13 heteroatoms. The van der Waals surface area contributed by atoms with Gasteiger partial charge >= 0.3 is 6.03 Å². The lowest BCUT2D eigenvalue weighted by molar-refractivity contribution is -0.132. The summed E-state index contributed by atoms with van der Waals surface area (Å²) in [5.74, 6) is -0.673. The van der Waals surface area contributed by atoms with E-state index in [2.05, 4.69) is 15.6 Å². The zero-order valence-corrected chi connectivity index (χ0v) is 25.0. The lowest BCUT2D eigenvalue weighted by Gasteiger charge is -2.29. The van der Waals surface area contributed by atoms with E-state index in [1.165, 1.54) is 35.2 Å². The van der Waals surface area contributed by atoms with Gasteiger partial charge in [-0.15, -0.1) is 0 Å². The minimum Gasteiger partial charge on any atom is -0.341 e. The number of amides is 4. The third-order valence-corrected chi connectivity index (χ3v) is 9.41. The van der Waals surface area contributed by atoms with Gasteiger partial charge in [-0.25, -0.2) is 14.2 Å². The van der Waals surface area contributed by atoms with Crippen LogP contribution in [0.25, 0.3) is 0 Å². The van der Waals surface area contributed by atoms with E-state index >= 15 is 4.39 Å². The summed E-state index contributed by atoms with van der Waals surface area (Å²) in [7, 11) is -4.53. The summed E-state index contributed by atoms with van der Waals surface area (Å²) < 4.78 is 47.7. The first-order valence-corrected chi connectivity index (χ1v) is 16.2. The predicted molar refractivity (Wildman–Crippen MR) is 165 cm³/mol. The highest BCUT2D eigenvalue weighted by atomic mass is 32.2. The Morgan fingerprint density at radius 3 is 2.22 bits per heavy atom. The SMILES string of the molecule is O=C(Nc1cccc(S(=O)(=O)O)c1)NC1N=C(c2ccccc2F)c2ccccc2N(CC(=O)N2CC3CCC(CC3)C2)C1=O. The largest absolute Gasteiger partial charge is 0.341 e. The van der Waals surface area contributed by atoms with Crippen molar-refractivity contribution in [3.8, 4) is 0 Å². The van der Waals surface area contributed by atoms with Crippen LogP contribution in [0.15, 0.2) is 82.7 Å². The number of halogens is 1. The molecule has 3 N–H and O–H groups in total. The number of anilines is 2. The molecule has 0 aromatic heterocycles. The van der Waals surface area contributed by atoms with Gasteiger partial charge in [0.15, 0.2) is 0 Å². The second kappa shape index (κ2) is 12.4. The molecular formula is C32H32FN5O6S. The molecule has 2 saturated heterocycles. The molecule has 3 aliphatic heterocycles. The van der Waals surface area contributed by atoms with Crippen LogP contribution in [0.4, 0.5) is 20.6 Å². The number of hydrogen-bond donors (Lipinski definition) is 3. The maximum Gasteiger partial charge on any atom is 0.321 e. The van der Waals surface area contributed by atoms with Crippen molar-refractivity contribution in [1.29, 1.82) is 0 Å². The summed E-state index contributed by atoms with van der Waals surface area (Å²) in [5, 5.41) is 4.94. The molecule has 1 aliphatic carbocycles. The van der Waals surface area contributed by atoms with Crippen LogP contribution < -0.4 is 15.5 Å². The van der Waals surface area contributed by atoms with E-state index in [4.69, 9.17) is 0 Å². The van der Waals surface area contributed by atoms with E-state index in [-0.39, 0.29) is 29.4 Å². The Balaban J connectivity index is 1.34. The van der Waals surface area contributed by atoms with Gasteiger partial charge < -0.3 is 15.5 Å². The lowest BCUT2D eigenvalue weighted by atomic mass is 9.84. The van der Waals surface area contributed by atoms with E-state index < -0.39 is 38.9 Å². The van der Waals surface area contributed by atoms with Crippen LogP contribution in [0.5, 0.6) is 0 Å². The second-order valence-corrected chi connectivity index (χ2v) is 13.0. The summed E-state index contributed by atoms with van der Waals surface area (Å²) in [5.41, 5.74) is 0.987. The molecule has 3 aromatic carbocycles. The molecule has 4 aliphatic rings. The molecule has 11 nitrogen and oxygen atoms in total. The topological polar surface area (TPSA) is 148 Å². The molecule has 1 atom stereocenters. The second-order valence-electron chi connectivity index (χ2n) is 11.6. The van der Waals surface area contributed by atoms with Gasteiger partial charge in [0.25, 0.3) is 16.0 Å². The maximum absolute atomic E-state index is 15.2. The summed E-state index contributed by atoms with van der Waals surface area (Å²) in [4.78, 5) is 48.3. The van der Waals surface area contributed by atoms with Crippen molar-refractivity contribution in [3.63, 3.8) is 0 Å². The quantitative estimate of drug-likeness (QED) is 0.349. The first kappa shape index (κ1) is 30.4. The molecule has 45 heavy (non-hydrogen) atoms. The number of fused-ring (bicyclic) bond motifs is 5. The van der Waals surface area contributed by atoms with E-state index in [1.54, 1.807) is 30.3 Å². The number of nitrogens with zero attached hydrogens (tertiary/aromatic N) is 3. The number of aliphatic imine (C=N–C) groups is 1. The Morgan fingerprint density at radius 2 is 1.56 bits per heavy atom. The standard InChI is InChI=1S/C32H32FN5O6S/c33-26-10-3-1-8-24(26)29-25-9-2-4-11-27(25)38(19-28(39)37-17-20-12-13-21(18-37)15-14-20)31(40)30(35-29)36-32(41)34-22-6-5-7-23(16-22)45(42,43)44/h1-11,16,20-21,30H,12-15,17-19H2,(H2,34,36,41)(H,42,43,44). The molecule has 1 unspecified atom stereocenters. The van der Waals surface area contributed by atoms with Crippen molar-refractivity contribution in [2.24, 2.45) is 16.8 Å². The molecule has 3 fully saturated rings. The van der Waals surface area contributed by atoms with Gasteiger partial charge in [0.05, 0.1) is 16.3 Å². The fourth-order valence-corrected chi connectivity index (χ4v) is 6.84.